The van der Waals surface area contributed by atoms with Gasteiger partial charge in [-0.3, -0.25) is 0 Å². The summed E-state index contributed by atoms with van der Waals surface area (Å²) < 4.78 is 2.40. The van der Waals surface area contributed by atoms with Gasteiger partial charge < -0.3 is 0 Å². The molecule has 0 aromatic heterocycles. The number of anilines is 2. The fourth-order valence-corrected chi connectivity index (χ4v) is 9.09. The molecule has 4 rings (SSSR count). The number of hydrogen-bond acceptors (Lipinski definition) is 4. The van der Waals surface area contributed by atoms with Crippen molar-refractivity contribution >= 4 is 70.2 Å². The number of nitrogens with zero attached hydrogens (tertiary/aromatic N) is 2. The first kappa shape index (κ1) is 19.1. The standard InChI is InChI=1S/C20H16N2O4Se2/c23-17-9-10-18(24)21(17)13-1-5-15(6-2-13)27-28-16-7-3-14(4-8-16)22-19(25)11-12-20(22)26/h1-8H,9-12H2. The van der Waals surface area contributed by atoms with Crippen LogP contribution < -0.4 is 18.7 Å². The van der Waals surface area contributed by atoms with Gasteiger partial charge >= 0.3 is 173 Å². The Morgan fingerprint density at radius 2 is 0.786 bits per heavy atom. The first-order valence-corrected chi connectivity index (χ1v) is 14.8. The Morgan fingerprint density at radius 3 is 1.07 bits per heavy atom. The van der Waals surface area contributed by atoms with E-state index in [1.54, 1.807) is 0 Å². The van der Waals surface area contributed by atoms with Crippen LogP contribution in [0.1, 0.15) is 25.7 Å². The average Bonchev–Trinajstić information content (AvgIpc) is 3.22. The number of carbonyl (C=O) groups excluding carboxylic acids is 4. The molecule has 0 spiro atoms. The van der Waals surface area contributed by atoms with Crippen molar-refractivity contribution in [3.8, 4) is 0 Å². The minimum atomic E-state index is -0.137. The molecule has 4 amide bonds. The molecule has 2 aromatic rings. The van der Waals surface area contributed by atoms with Gasteiger partial charge in [-0.1, -0.05) is 0 Å². The van der Waals surface area contributed by atoms with E-state index in [2.05, 4.69) is 0 Å². The summed E-state index contributed by atoms with van der Waals surface area (Å²) in [6.45, 7) is 0. The molecule has 2 aliphatic rings. The van der Waals surface area contributed by atoms with Crippen molar-refractivity contribution in [3.05, 3.63) is 48.5 Å². The van der Waals surface area contributed by atoms with Crippen LogP contribution in [0.2, 0.25) is 0 Å². The molecular weight excluding hydrogens is 490 g/mol. The van der Waals surface area contributed by atoms with E-state index in [0.717, 1.165) is 0 Å². The van der Waals surface area contributed by atoms with Gasteiger partial charge in [0.05, 0.1) is 0 Å². The molecule has 142 valence electrons. The van der Waals surface area contributed by atoms with Crippen molar-refractivity contribution in [3.63, 3.8) is 0 Å². The Bertz CT molecular complexity index is 846. The van der Waals surface area contributed by atoms with Gasteiger partial charge in [-0.05, 0) is 0 Å². The third-order valence-electron chi connectivity index (χ3n) is 4.53. The molecule has 8 heteroatoms. The topological polar surface area (TPSA) is 74.8 Å². The first-order chi connectivity index (χ1) is 13.5. The number of benzene rings is 2. The molecule has 2 saturated heterocycles. The van der Waals surface area contributed by atoms with Crippen molar-refractivity contribution in [2.45, 2.75) is 25.7 Å². The second-order valence-corrected chi connectivity index (χ2v) is 12.7. The summed E-state index contributed by atoms with van der Waals surface area (Å²) in [5.74, 6) is -0.546. The predicted octanol–water partition coefficient (Wildman–Crippen LogP) is 0.268. The molecule has 0 unspecified atom stereocenters. The predicted molar refractivity (Wildman–Crippen MR) is 107 cm³/mol. The van der Waals surface area contributed by atoms with Gasteiger partial charge in [0, 0.05) is 0 Å². The number of carbonyl (C=O) groups is 4. The van der Waals surface area contributed by atoms with E-state index in [1.165, 1.54) is 18.7 Å². The molecule has 0 atom stereocenters. The molecule has 0 radical (unpaired) electrons. The Hall–Kier alpha value is -2.24. The van der Waals surface area contributed by atoms with Crippen molar-refractivity contribution in [1.29, 1.82) is 0 Å². The van der Waals surface area contributed by atoms with Crippen LogP contribution in [0.3, 0.4) is 0 Å². The van der Waals surface area contributed by atoms with E-state index >= 15 is 0 Å². The summed E-state index contributed by atoms with van der Waals surface area (Å²) in [6.07, 6.45) is 1.16. The maximum absolute atomic E-state index is 11.8. The Morgan fingerprint density at radius 1 is 0.500 bits per heavy atom. The van der Waals surface area contributed by atoms with Crippen LogP contribution in [0.25, 0.3) is 0 Å². The average molecular weight is 506 g/mol. The molecule has 0 bridgehead atoms. The summed E-state index contributed by atoms with van der Waals surface area (Å²) in [7, 11) is 0. The first-order valence-electron chi connectivity index (χ1n) is 8.79. The maximum atomic E-state index is 11.8. The van der Waals surface area contributed by atoms with Crippen molar-refractivity contribution in [1.82, 2.24) is 0 Å². The zero-order chi connectivity index (χ0) is 19.7. The summed E-state index contributed by atoms with van der Waals surface area (Å²) in [5, 5.41) is 0. The van der Waals surface area contributed by atoms with Gasteiger partial charge in [-0.15, -0.1) is 0 Å². The third kappa shape index (κ3) is 3.82. The molecular formula is C20H16N2O4Se2. The quantitative estimate of drug-likeness (QED) is 0.431. The van der Waals surface area contributed by atoms with E-state index < -0.39 is 0 Å². The van der Waals surface area contributed by atoms with Crippen molar-refractivity contribution in [2.24, 2.45) is 0 Å². The van der Waals surface area contributed by atoms with Gasteiger partial charge in [0.25, 0.3) is 0 Å². The summed E-state index contributed by atoms with van der Waals surface area (Å²) in [6, 6.07) is 15.3. The zero-order valence-electron chi connectivity index (χ0n) is 14.8. The number of rotatable bonds is 5. The molecule has 2 heterocycles. The Labute approximate surface area is 173 Å². The summed E-state index contributed by atoms with van der Waals surface area (Å²) in [4.78, 5) is 49.8. The molecule has 2 fully saturated rings. The minimum absolute atomic E-state index is 0.137. The zero-order valence-corrected chi connectivity index (χ0v) is 18.2. The normalized spacial score (nSPS) is 17.1. The van der Waals surface area contributed by atoms with Crippen molar-refractivity contribution in [2.75, 3.05) is 9.80 Å². The van der Waals surface area contributed by atoms with Gasteiger partial charge in [-0.25, -0.2) is 0 Å². The second kappa shape index (κ2) is 8.01. The summed E-state index contributed by atoms with van der Waals surface area (Å²) >= 11 is 0.511. The van der Waals surface area contributed by atoms with Crippen LogP contribution in [-0.4, -0.2) is 49.9 Å². The second-order valence-electron chi connectivity index (χ2n) is 6.40. The van der Waals surface area contributed by atoms with Crippen LogP contribution in [-0.2, 0) is 19.2 Å². The molecule has 28 heavy (non-hydrogen) atoms. The number of amides is 4. The molecule has 0 aliphatic carbocycles. The number of hydrogen-bond donors (Lipinski definition) is 0. The van der Waals surface area contributed by atoms with E-state index in [-0.39, 0.29) is 75.6 Å². The van der Waals surface area contributed by atoms with E-state index in [0.29, 0.717) is 11.4 Å². The molecule has 0 N–H and O–H groups in total. The molecule has 2 aromatic carbocycles. The van der Waals surface area contributed by atoms with E-state index in [1.807, 2.05) is 48.5 Å². The Balaban J connectivity index is 1.38. The fourth-order valence-electron chi connectivity index (χ4n) is 3.13. The number of imide groups is 2. The van der Waals surface area contributed by atoms with Gasteiger partial charge in [0.2, 0.25) is 0 Å². The van der Waals surface area contributed by atoms with Crippen molar-refractivity contribution < 1.29 is 19.2 Å². The van der Waals surface area contributed by atoms with Crippen LogP contribution in [0.4, 0.5) is 11.4 Å². The van der Waals surface area contributed by atoms with E-state index in [4.69, 9.17) is 0 Å². The van der Waals surface area contributed by atoms with Crippen LogP contribution in [0.15, 0.2) is 48.5 Å². The van der Waals surface area contributed by atoms with Crippen LogP contribution >= 0.6 is 0 Å². The van der Waals surface area contributed by atoms with E-state index in [9.17, 15) is 19.2 Å². The SMILES string of the molecule is O=C1CCC(=O)N1c1ccc([Se][Se]c2ccc(N3C(=O)CCC3=O)cc2)cc1. The Kier molecular flexibility index (Phi) is 5.46. The van der Waals surface area contributed by atoms with Gasteiger partial charge in [0.1, 0.15) is 0 Å². The summed E-state index contributed by atoms with van der Waals surface area (Å²) in [5.41, 5.74) is 1.28. The van der Waals surface area contributed by atoms with Gasteiger partial charge in [0.15, 0.2) is 0 Å². The van der Waals surface area contributed by atoms with Gasteiger partial charge in [-0.2, -0.15) is 0 Å². The third-order valence-corrected chi connectivity index (χ3v) is 11.8. The molecule has 0 saturated carbocycles. The van der Waals surface area contributed by atoms with Crippen LogP contribution in [0.5, 0.6) is 0 Å². The monoisotopic (exact) mass is 508 g/mol. The van der Waals surface area contributed by atoms with Crippen LogP contribution in [0, 0.1) is 0 Å². The fraction of sp³-hybridized carbons (Fsp3) is 0.200. The molecule has 6 nitrogen and oxygen atoms in total. The molecule has 2 aliphatic heterocycles.